The van der Waals surface area contributed by atoms with Crippen LogP contribution in [0.15, 0.2) is 57.9 Å². The molecule has 2 aromatic carbocycles. The van der Waals surface area contributed by atoms with Gasteiger partial charge in [-0.15, -0.1) is 0 Å². The summed E-state index contributed by atoms with van der Waals surface area (Å²) in [6, 6.07) is 15.1. The zero-order valence-electron chi connectivity index (χ0n) is 13.8. The van der Waals surface area contributed by atoms with Gasteiger partial charge in [0.1, 0.15) is 17.2 Å². The lowest BCUT2D eigenvalue weighted by Crippen LogP contribution is -2.36. The Morgan fingerprint density at radius 3 is 2.62 bits per heavy atom. The van der Waals surface area contributed by atoms with E-state index in [1.807, 2.05) is 36.4 Å². The van der Waals surface area contributed by atoms with Crippen LogP contribution in [0.5, 0.6) is 0 Å². The van der Waals surface area contributed by atoms with Crippen LogP contribution in [0.3, 0.4) is 0 Å². The summed E-state index contributed by atoms with van der Waals surface area (Å²) in [5.74, 6) is 1.27. The van der Waals surface area contributed by atoms with E-state index in [0.717, 1.165) is 22.3 Å². The van der Waals surface area contributed by atoms with E-state index in [2.05, 4.69) is 15.6 Å². The molecular weight excluding hydrogens is 305 g/mol. The minimum absolute atomic E-state index is 0.195. The summed E-state index contributed by atoms with van der Waals surface area (Å²) in [4.78, 5) is 4.17. The first-order chi connectivity index (χ1) is 11.7. The first-order valence-corrected chi connectivity index (χ1v) is 7.82. The molecule has 0 radical (unpaired) electrons. The van der Waals surface area contributed by atoms with Crippen molar-refractivity contribution >= 4 is 16.9 Å². The molecule has 3 rings (SSSR count). The number of fused-ring (bicyclic) bond motifs is 1. The number of para-hydroxylation sites is 1. The van der Waals surface area contributed by atoms with Crippen molar-refractivity contribution in [3.8, 4) is 0 Å². The van der Waals surface area contributed by atoms with Gasteiger partial charge in [0.2, 0.25) is 0 Å². The summed E-state index contributed by atoms with van der Waals surface area (Å²) in [7, 11) is 1.70. The van der Waals surface area contributed by atoms with Gasteiger partial charge in [-0.2, -0.15) is 0 Å². The Bertz CT molecular complexity index is 837. The van der Waals surface area contributed by atoms with E-state index in [-0.39, 0.29) is 5.82 Å². The Balaban J connectivity index is 1.57. The highest BCUT2D eigenvalue weighted by Gasteiger charge is 2.05. The minimum atomic E-state index is -0.195. The lowest BCUT2D eigenvalue weighted by molar-refractivity contribution is 0.538. The molecule has 1 heterocycles. The van der Waals surface area contributed by atoms with E-state index in [1.54, 1.807) is 20.0 Å². The molecule has 24 heavy (non-hydrogen) atoms. The van der Waals surface area contributed by atoms with Crippen molar-refractivity contribution in [1.29, 1.82) is 0 Å². The summed E-state index contributed by atoms with van der Waals surface area (Å²) in [5, 5.41) is 7.44. The van der Waals surface area contributed by atoms with Crippen molar-refractivity contribution < 1.29 is 8.81 Å². The van der Waals surface area contributed by atoms with Crippen molar-refractivity contribution in [3.63, 3.8) is 0 Å². The zero-order chi connectivity index (χ0) is 16.9. The molecule has 0 amide bonds. The van der Waals surface area contributed by atoms with E-state index in [0.29, 0.717) is 24.6 Å². The van der Waals surface area contributed by atoms with E-state index in [1.165, 1.54) is 6.07 Å². The quantitative estimate of drug-likeness (QED) is 0.567. The molecule has 0 aliphatic rings. The normalized spacial score (nSPS) is 11.7. The molecule has 0 bridgehead atoms. The molecule has 0 saturated carbocycles. The van der Waals surface area contributed by atoms with Gasteiger partial charge in [-0.1, -0.05) is 30.3 Å². The van der Waals surface area contributed by atoms with Crippen LogP contribution in [0.2, 0.25) is 0 Å². The highest BCUT2D eigenvalue weighted by Crippen LogP contribution is 2.18. The Morgan fingerprint density at radius 1 is 1.08 bits per heavy atom. The standard InChI is InChI=1S/C19H20FN3O/c1-13-7-8-14(9-17(13)20)11-22-19(21-2)23-12-16-10-15-5-3-4-6-18(15)24-16/h3-10H,11-12H2,1-2H3,(H2,21,22,23). The third-order valence-electron chi connectivity index (χ3n) is 3.83. The zero-order valence-corrected chi connectivity index (χ0v) is 13.8. The summed E-state index contributed by atoms with van der Waals surface area (Å²) >= 11 is 0. The number of hydrogen-bond acceptors (Lipinski definition) is 2. The Labute approximate surface area is 140 Å². The van der Waals surface area contributed by atoms with Gasteiger partial charge in [0.05, 0.1) is 6.54 Å². The molecule has 0 saturated heterocycles. The van der Waals surface area contributed by atoms with Crippen molar-refractivity contribution in [2.75, 3.05) is 7.05 Å². The van der Waals surface area contributed by atoms with Crippen LogP contribution in [0.4, 0.5) is 4.39 Å². The topological polar surface area (TPSA) is 49.6 Å². The van der Waals surface area contributed by atoms with Crippen molar-refractivity contribution in [1.82, 2.24) is 10.6 Å². The van der Waals surface area contributed by atoms with E-state index >= 15 is 0 Å². The number of aliphatic imine (C=N–C) groups is 1. The largest absolute Gasteiger partial charge is 0.459 e. The molecule has 0 aliphatic heterocycles. The van der Waals surface area contributed by atoms with Crippen LogP contribution in [-0.2, 0) is 13.1 Å². The average Bonchev–Trinajstić information content (AvgIpc) is 3.01. The number of aryl methyl sites for hydroxylation is 1. The van der Waals surface area contributed by atoms with Crippen LogP contribution in [0.1, 0.15) is 16.9 Å². The fourth-order valence-corrected chi connectivity index (χ4v) is 2.45. The van der Waals surface area contributed by atoms with Gasteiger partial charge in [0.25, 0.3) is 0 Å². The van der Waals surface area contributed by atoms with Crippen LogP contribution in [-0.4, -0.2) is 13.0 Å². The molecular formula is C19H20FN3O. The minimum Gasteiger partial charge on any atom is -0.459 e. The van der Waals surface area contributed by atoms with Gasteiger partial charge in [-0.05, 0) is 36.2 Å². The number of guanidine groups is 1. The fourth-order valence-electron chi connectivity index (χ4n) is 2.45. The second-order valence-electron chi connectivity index (χ2n) is 5.61. The van der Waals surface area contributed by atoms with Crippen LogP contribution < -0.4 is 10.6 Å². The van der Waals surface area contributed by atoms with Gasteiger partial charge >= 0.3 is 0 Å². The number of hydrogen-bond donors (Lipinski definition) is 2. The molecule has 4 nitrogen and oxygen atoms in total. The Hall–Kier alpha value is -2.82. The lowest BCUT2D eigenvalue weighted by atomic mass is 10.1. The molecule has 0 unspecified atom stereocenters. The summed E-state index contributed by atoms with van der Waals surface area (Å²) in [5.41, 5.74) is 2.38. The van der Waals surface area contributed by atoms with Gasteiger partial charge in [-0.25, -0.2) is 4.39 Å². The first-order valence-electron chi connectivity index (χ1n) is 7.82. The van der Waals surface area contributed by atoms with Crippen LogP contribution >= 0.6 is 0 Å². The number of furan rings is 1. The molecule has 3 aromatic rings. The smallest absolute Gasteiger partial charge is 0.191 e. The fraction of sp³-hybridized carbons (Fsp3) is 0.211. The number of halogens is 1. The van der Waals surface area contributed by atoms with Crippen LogP contribution in [0.25, 0.3) is 11.0 Å². The van der Waals surface area contributed by atoms with E-state index < -0.39 is 0 Å². The maximum Gasteiger partial charge on any atom is 0.191 e. The third-order valence-corrected chi connectivity index (χ3v) is 3.83. The number of rotatable bonds is 4. The predicted molar refractivity (Wildman–Crippen MR) is 94.4 cm³/mol. The van der Waals surface area contributed by atoms with Crippen molar-refractivity contribution in [3.05, 3.63) is 71.2 Å². The molecule has 5 heteroatoms. The number of nitrogens with zero attached hydrogens (tertiary/aromatic N) is 1. The first kappa shape index (κ1) is 16.1. The monoisotopic (exact) mass is 325 g/mol. The molecule has 0 aliphatic carbocycles. The molecule has 2 N–H and O–H groups in total. The van der Waals surface area contributed by atoms with Crippen LogP contribution in [0, 0.1) is 12.7 Å². The third kappa shape index (κ3) is 3.74. The highest BCUT2D eigenvalue weighted by molar-refractivity contribution is 5.80. The highest BCUT2D eigenvalue weighted by atomic mass is 19.1. The Morgan fingerprint density at radius 2 is 1.88 bits per heavy atom. The summed E-state index contributed by atoms with van der Waals surface area (Å²) in [6.07, 6.45) is 0. The maximum atomic E-state index is 13.6. The van der Waals surface area contributed by atoms with Gasteiger partial charge in [0, 0.05) is 19.0 Å². The SMILES string of the molecule is CN=C(NCc1ccc(C)c(F)c1)NCc1cc2ccccc2o1. The second-order valence-corrected chi connectivity index (χ2v) is 5.61. The lowest BCUT2D eigenvalue weighted by Gasteiger charge is -2.11. The molecule has 0 spiro atoms. The molecule has 124 valence electrons. The summed E-state index contributed by atoms with van der Waals surface area (Å²) < 4.78 is 19.3. The average molecular weight is 325 g/mol. The van der Waals surface area contributed by atoms with Gasteiger partial charge < -0.3 is 15.1 Å². The van der Waals surface area contributed by atoms with Crippen molar-refractivity contribution in [2.45, 2.75) is 20.0 Å². The molecule has 0 atom stereocenters. The molecule has 1 aromatic heterocycles. The predicted octanol–water partition coefficient (Wildman–Crippen LogP) is 3.75. The van der Waals surface area contributed by atoms with E-state index in [9.17, 15) is 4.39 Å². The maximum absolute atomic E-state index is 13.6. The molecule has 0 fully saturated rings. The second kappa shape index (κ2) is 7.17. The van der Waals surface area contributed by atoms with Crippen molar-refractivity contribution in [2.24, 2.45) is 4.99 Å². The van der Waals surface area contributed by atoms with Gasteiger partial charge in [-0.3, -0.25) is 4.99 Å². The number of nitrogens with one attached hydrogen (secondary N) is 2. The Kier molecular flexibility index (Phi) is 4.79. The van der Waals surface area contributed by atoms with E-state index in [4.69, 9.17) is 4.42 Å². The number of benzene rings is 2. The van der Waals surface area contributed by atoms with Gasteiger partial charge in [0.15, 0.2) is 5.96 Å². The summed E-state index contributed by atoms with van der Waals surface area (Å²) in [6.45, 7) is 2.77.